The summed E-state index contributed by atoms with van der Waals surface area (Å²) in [5.74, 6) is 0.895. The van der Waals surface area contributed by atoms with Crippen LogP contribution < -0.4 is 5.73 Å². The molecule has 0 aliphatic rings. The van der Waals surface area contributed by atoms with E-state index < -0.39 is 0 Å². The van der Waals surface area contributed by atoms with Crippen LogP contribution in [0.1, 0.15) is 37.7 Å². The lowest BCUT2D eigenvalue weighted by atomic mass is 9.84. The Morgan fingerprint density at radius 3 is 2.58 bits per heavy atom. The standard InChI is InChI=1S/C16H23NO2/c1-16(2,3)15-12-9-11(7-8-18-4)5-6-13(12)19-14(15)10-17/h5-6,9H,7-8,10,17H2,1-4H3. The van der Waals surface area contributed by atoms with Crippen molar-refractivity contribution < 1.29 is 9.15 Å². The van der Waals surface area contributed by atoms with Crippen molar-refractivity contribution in [2.24, 2.45) is 5.73 Å². The lowest BCUT2D eigenvalue weighted by Gasteiger charge is -2.19. The van der Waals surface area contributed by atoms with Crippen LogP contribution in [0, 0.1) is 0 Å². The van der Waals surface area contributed by atoms with Gasteiger partial charge in [0.25, 0.3) is 0 Å². The maximum absolute atomic E-state index is 5.88. The molecule has 0 fully saturated rings. The molecule has 0 spiro atoms. The topological polar surface area (TPSA) is 48.4 Å². The molecular weight excluding hydrogens is 238 g/mol. The number of rotatable bonds is 4. The summed E-state index contributed by atoms with van der Waals surface area (Å²) in [7, 11) is 1.73. The van der Waals surface area contributed by atoms with Crippen LogP contribution in [0.2, 0.25) is 0 Å². The first-order valence-corrected chi connectivity index (χ1v) is 6.71. The lowest BCUT2D eigenvalue weighted by molar-refractivity contribution is 0.202. The zero-order valence-electron chi connectivity index (χ0n) is 12.2. The molecular formula is C16H23NO2. The largest absolute Gasteiger partial charge is 0.459 e. The summed E-state index contributed by atoms with van der Waals surface area (Å²) in [6, 6.07) is 6.34. The summed E-state index contributed by atoms with van der Waals surface area (Å²) in [5.41, 5.74) is 9.26. The van der Waals surface area contributed by atoms with Gasteiger partial charge in [0, 0.05) is 18.1 Å². The number of hydrogen-bond acceptors (Lipinski definition) is 3. The van der Waals surface area contributed by atoms with E-state index in [2.05, 4.69) is 32.9 Å². The highest BCUT2D eigenvalue weighted by atomic mass is 16.5. The van der Waals surface area contributed by atoms with Crippen LogP contribution in [0.4, 0.5) is 0 Å². The molecule has 104 valence electrons. The van der Waals surface area contributed by atoms with E-state index in [1.807, 2.05) is 6.07 Å². The molecule has 0 aliphatic heterocycles. The van der Waals surface area contributed by atoms with Gasteiger partial charge in [0.15, 0.2) is 0 Å². The molecule has 0 radical (unpaired) electrons. The first-order valence-electron chi connectivity index (χ1n) is 6.71. The van der Waals surface area contributed by atoms with Gasteiger partial charge in [0.05, 0.1) is 13.2 Å². The van der Waals surface area contributed by atoms with Crippen LogP contribution in [0.3, 0.4) is 0 Å². The lowest BCUT2D eigenvalue weighted by Crippen LogP contribution is -2.14. The van der Waals surface area contributed by atoms with Gasteiger partial charge in [-0.3, -0.25) is 0 Å². The number of ether oxygens (including phenoxy) is 1. The highest BCUT2D eigenvalue weighted by Crippen LogP contribution is 2.35. The molecule has 0 saturated carbocycles. The maximum Gasteiger partial charge on any atom is 0.134 e. The second kappa shape index (κ2) is 5.35. The third-order valence-electron chi connectivity index (χ3n) is 3.36. The monoisotopic (exact) mass is 261 g/mol. The average molecular weight is 261 g/mol. The van der Waals surface area contributed by atoms with Gasteiger partial charge in [-0.1, -0.05) is 26.8 Å². The molecule has 1 heterocycles. The predicted molar refractivity (Wildman–Crippen MR) is 78.4 cm³/mol. The molecule has 0 bridgehead atoms. The van der Waals surface area contributed by atoms with Gasteiger partial charge in [-0.05, 0) is 29.5 Å². The number of benzene rings is 1. The van der Waals surface area contributed by atoms with Gasteiger partial charge in [-0.25, -0.2) is 0 Å². The van der Waals surface area contributed by atoms with E-state index in [9.17, 15) is 0 Å². The molecule has 2 N–H and O–H groups in total. The molecule has 1 aromatic carbocycles. The highest BCUT2D eigenvalue weighted by molar-refractivity contribution is 5.84. The molecule has 19 heavy (non-hydrogen) atoms. The van der Waals surface area contributed by atoms with Crippen molar-refractivity contribution in [2.45, 2.75) is 39.2 Å². The third kappa shape index (κ3) is 2.82. The van der Waals surface area contributed by atoms with Crippen LogP contribution in [-0.2, 0) is 23.1 Å². The van der Waals surface area contributed by atoms with Gasteiger partial charge >= 0.3 is 0 Å². The van der Waals surface area contributed by atoms with Gasteiger partial charge in [0.2, 0.25) is 0 Å². The number of fused-ring (bicyclic) bond motifs is 1. The summed E-state index contributed by atoms with van der Waals surface area (Å²) >= 11 is 0. The van der Waals surface area contributed by atoms with E-state index in [1.165, 1.54) is 16.5 Å². The quantitative estimate of drug-likeness (QED) is 0.917. The first-order chi connectivity index (χ1) is 8.97. The van der Waals surface area contributed by atoms with E-state index in [0.29, 0.717) is 6.54 Å². The minimum absolute atomic E-state index is 0.0276. The van der Waals surface area contributed by atoms with Crippen LogP contribution in [0.15, 0.2) is 22.6 Å². The number of hydrogen-bond donors (Lipinski definition) is 1. The molecule has 0 saturated heterocycles. The average Bonchev–Trinajstić information content (AvgIpc) is 2.73. The van der Waals surface area contributed by atoms with E-state index in [0.717, 1.165) is 24.4 Å². The van der Waals surface area contributed by atoms with Gasteiger partial charge in [-0.2, -0.15) is 0 Å². The van der Waals surface area contributed by atoms with Crippen LogP contribution in [-0.4, -0.2) is 13.7 Å². The molecule has 0 amide bonds. The minimum atomic E-state index is 0.0276. The summed E-state index contributed by atoms with van der Waals surface area (Å²) < 4.78 is 11.0. The molecule has 3 nitrogen and oxygen atoms in total. The predicted octanol–water partition coefficient (Wildman–Crippen LogP) is 3.38. The van der Waals surface area contributed by atoms with E-state index in [-0.39, 0.29) is 5.41 Å². The minimum Gasteiger partial charge on any atom is -0.459 e. The van der Waals surface area contributed by atoms with E-state index in [1.54, 1.807) is 7.11 Å². The van der Waals surface area contributed by atoms with Crippen LogP contribution >= 0.6 is 0 Å². The first kappa shape index (κ1) is 14.1. The number of furan rings is 1. The Kier molecular flexibility index (Phi) is 3.97. The van der Waals surface area contributed by atoms with E-state index >= 15 is 0 Å². The normalized spacial score (nSPS) is 12.3. The zero-order valence-corrected chi connectivity index (χ0v) is 12.2. The third-order valence-corrected chi connectivity index (χ3v) is 3.36. The SMILES string of the molecule is COCCc1ccc2oc(CN)c(C(C)(C)C)c2c1. The molecule has 2 aromatic rings. The Labute approximate surface area is 114 Å². The van der Waals surface area contributed by atoms with E-state index in [4.69, 9.17) is 14.9 Å². The molecule has 3 heteroatoms. The van der Waals surface area contributed by atoms with Crippen molar-refractivity contribution in [2.75, 3.05) is 13.7 Å². The number of nitrogens with two attached hydrogens (primary N) is 1. The van der Waals surface area contributed by atoms with Gasteiger partial charge in [0.1, 0.15) is 11.3 Å². The zero-order chi connectivity index (χ0) is 14.0. The molecule has 1 aromatic heterocycles. The second-order valence-electron chi connectivity index (χ2n) is 5.93. The van der Waals surface area contributed by atoms with Crippen molar-refractivity contribution in [1.82, 2.24) is 0 Å². The van der Waals surface area contributed by atoms with Gasteiger partial charge < -0.3 is 14.9 Å². The summed E-state index contributed by atoms with van der Waals surface area (Å²) in [5, 5.41) is 1.18. The Morgan fingerprint density at radius 2 is 2.00 bits per heavy atom. The molecule has 0 unspecified atom stereocenters. The maximum atomic E-state index is 5.88. The molecule has 2 rings (SSSR count). The second-order valence-corrected chi connectivity index (χ2v) is 5.93. The van der Waals surface area contributed by atoms with Crippen molar-refractivity contribution in [3.63, 3.8) is 0 Å². The fourth-order valence-electron chi connectivity index (χ4n) is 2.54. The van der Waals surface area contributed by atoms with Crippen molar-refractivity contribution in [3.05, 3.63) is 35.1 Å². The van der Waals surface area contributed by atoms with Crippen LogP contribution in [0.5, 0.6) is 0 Å². The summed E-state index contributed by atoms with van der Waals surface area (Å²) in [4.78, 5) is 0. The molecule has 0 aliphatic carbocycles. The van der Waals surface area contributed by atoms with Crippen molar-refractivity contribution in [1.29, 1.82) is 0 Å². The summed E-state index contributed by atoms with van der Waals surface area (Å²) in [6.45, 7) is 7.75. The summed E-state index contributed by atoms with van der Waals surface area (Å²) in [6.07, 6.45) is 0.916. The Morgan fingerprint density at radius 1 is 1.26 bits per heavy atom. The van der Waals surface area contributed by atoms with Crippen molar-refractivity contribution in [3.8, 4) is 0 Å². The van der Waals surface area contributed by atoms with Crippen LogP contribution in [0.25, 0.3) is 11.0 Å². The Balaban J connectivity index is 2.56. The van der Waals surface area contributed by atoms with Gasteiger partial charge in [-0.15, -0.1) is 0 Å². The fourth-order valence-corrected chi connectivity index (χ4v) is 2.54. The molecule has 0 atom stereocenters. The van der Waals surface area contributed by atoms with Crippen molar-refractivity contribution >= 4 is 11.0 Å². The number of methoxy groups -OCH3 is 1. The fraction of sp³-hybridized carbons (Fsp3) is 0.500. The highest BCUT2D eigenvalue weighted by Gasteiger charge is 2.24. The Hall–Kier alpha value is -1.32. The smallest absolute Gasteiger partial charge is 0.134 e. The Bertz CT molecular complexity index is 564.